The van der Waals surface area contributed by atoms with Crippen molar-refractivity contribution in [3.05, 3.63) is 125 Å². The maximum atomic E-state index is 6.31. The molecule has 0 unspecified atom stereocenters. The molecule has 2 nitrogen and oxygen atoms in total. The number of aryl methyl sites for hydroxylation is 2. The number of rotatable bonds is 3. The Kier molecular flexibility index (Phi) is 4.68. The quantitative estimate of drug-likeness (QED) is 0.261. The second-order valence-corrected chi connectivity index (χ2v) is 9.78. The first kappa shape index (κ1) is 20.9. The Hall–Kier alpha value is -4.43. The van der Waals surface area contributed by atoms with Crippen LogP contribution < -0.4 is 0 Å². The monoisotopic (exact) mass is 463 g/mol. The van der Waals surface area contributed by atoms with Crippen LogP contribution in [-0.4, -0.2) is 4.98 Å². The average molecular weight is 464 g/mol. The predicted molar refractivity (Wildman–Crippen MR) is 148 cm³/mol. The van der Waals surface area contributed by atoms with Crippen molar-refractivity contribution in [3.63, 3.8) is 0 Å². The van der Waals surface area contributed by atoms with Crippen LogP contribution >= 0.6 is 0 Å². The SMILES string of the molecule is Cc1ccc(-c2cc(-c3nc4ccccc4o3)c3c(c2)-c2cccc(-c4ccc(C)cc4)c2C3)cc1. The third kappa shape index (κ3) is 3.37. The fourth-order valence-corrected chi connectivity index (χ4v) is 5.40. The first-order chi connectivity index (χ1) is 17.6. The molecule has 172 valence electrons. The predicted octanol–water partition coefficient (Wildman–Crippen LogP) is 9.02. The Balaban J connectivity index is 1.46. The van der Waals surface area contributed by atoms with Gasteiger partial charge in [0.25, 0.3) is 0 Å². The zero-order valence-electron chi connectivity index (χ0n) is 20.4. The number of oxazole rings is 1. The van der Waals surface area contributed by atoms with E-state index in [2.05, 4.69) is 92.7 Å². The van der Waals surface area contributed by atoms with Gasteiger partial charge in [-0.05, 0) is 82.6 Å². The highest BCUT2D eigenvalue weighted by Crippen LogP contribution is 2.47. The molecule has 0 fully saturated rings. The molecule has 0 amide bonds. The molecule has 0 N–H and O–H groups in total. The van der Waals surface area contributed by atoms with E-state index in [0.717, 1.165) is 23.1 Å². The van der Waals surface area contributed by atoms with E-state index in [1.54, 1.807) is 0 Å². The number of nitrogens with zero attached hydrogens (tertiary/aromatic N) is 1. The smallest absolute Gasteiger partial charge is 0.227 e. The van der Waals surface area contributed by atoms with Gasteiger partial charge in [0.05, 0.1) is 0 Å². The van der Waals surface area contributed by atoms with Gasteiger partial charge in [-0.3, -0.25) is 0 Å². The van der Waals surface area contributed by atoms with Gasteiger partial charge < -0.3 is 4.42 Å². The molecule has 1 heterocycles. The first-order valence-electron chi connectivity index (χ1n) is 12.4. The third-order valence-electron chi connectivity index (χ3n) is 7.34. The van der Waals surface area contributed by atoms with Gasteiger partial charge in [0.15, 0.2) is 5.58 Å². The van der Waals surface area contributed by atoms with Crippen molar-refractivity contribution in [2.45, 2.75) is 20.3 Å². The second-order valence-electron chi connectivity index (χ2n) is 9.78. The van der Waals surface area contributed by atoms with Crippen LogP contribution in [0.3, 0.4) is 0 Å². The maximum Gasteiger partial charge on any atom is 0.227 e. The number of para-hydroxylation sites is 2. The molecule has 7 rings (SSSR count). The highest BCUT2D eigenvalue weighted by atomic mass is 16.3. The van der Waals surface area contributed by atoms with Crippen molar-refractivity contribution in [2.24, 2.45) is 0 Å². The van der Waals surface area contributed by atoms with Crippen LogP contribution in [0.2, 0.25) is 0 Å². The summed E-state index contributed by atoms with van der Waals surface area (Å²) < 4.78 is 6.31. The van der Waals surface area contributed by atoms with Crippen LogP contribution in [0.5, 0.6) is 0 Å². The average Bonchev–Trinajstić information content (AvgIpc) is 3.51. The van der Waals surface area contributed by atoms with Gasteiger partial charge in [-0.15, -0.1) is 0 Å². The normalized spacial score (nSPS) is 12.1. The van der Waals surface area contributed by atoms with Crippen LogP contribution in [0.25, 0.3) is 55.9 Å². The lowest BCUT2D eigenvalue weighted by Crippen LogP contribution is -1.91. The minimum atomic E-state index is 0.686. The molecule has 0 bridgehead atoms. The summed E-state index contributed by atoms with van der Waals surface area (Å²) in [4.78, 5) is 4.90. The molecule has 0 spiro atoms. The largest absolute Gasteiger partial charge is 0.436 e. The number of hydrogen-bond acceptors (Lipinski definition) is 2. The van der Waals surface area contributed by atoms with E-state index in [9.17, 15) is 0 Å². The Morgan fingerprint density at radius 3 is 1.94 bits per heavy atom. The topological polar surface area (TPSA) is 26.0 Å². The van der Waals surface area contributed by atoms with Crippen molar-refractivity contribution in [3.8, 4) is 44.8 Å². The molecule has 0 atom stereocenters. The molecule has 36 heavy (non-hydrogen) atoms. The van der Waals surface area contributed by atoms with E-state index in [1.165, 1.54) is 55.6 Å². The third-order valence-corrected chi connectivity index (χ3v) is 7.34. The molecule has 1 aliphatic rings. The van der Waals surface area contributed by atoms with Crippen molar-refractivity contribution in [1.82, 2.24) is 4.98 Å². The molecule has 0 saturated carbocycles. The van der Waals surface area contributed by atoms with Crippen LogP contribution in [0, 0.1) is 13.8 Å². The van der Waals surface area contributed by atoms with Crippen LogP contribution in [-0.2, 0) is 6.42 Å². The number of hydrogen-bond donors (Lipinski definition) is 0. The summed E-state index contributed by atoms with van der Waals surface area (Å²) >= 11 is 0. The van der Waals surface area contributed by atoms with E-state index >= 15 is 0 Å². The zero-order valence-corrected chi connectivity index (χ0v) is 20.4. The minimum absolute atomic E-state index is 0.686. The van der Waals surface area contributed by atoms with Gasteiger partial charge in [-0.1, -0.05) is 90.0 Å². The standard InChI is InChI=1S/C34H25NO/c1-21-10-14-23(15-11-21)25-18-28-27-7-5-6-26(24-16-12-22(2)13-17-24)29(27)20-30(28)31(19-25)34-35-32-8-3-4-9-33(32)36-34/h3-19H,20H2,1-2H3. The lowest BCUT2D eigenvalue weighted by Gasteiger charge is -2.11. The lowest BCUT2D eigenvalue weighted by molar-refractivity contribution is 0.619. The Morgan fingerprint density at radius 1 is 0.556 bits per heavy atom. The minimum Gasteiger partial charge on any atom is -0.436 e. The molecule has 0 aliphatic heterocycles. The summed E-state index contributed by atoms with van der Waals surface area (Å²) in [5, 5.41) is 0. The van der Waals surface area contributed by atoms with Gasteiger partial charge in [-0.25, -0.2) is 4.98 Å². The number of aromatic nitrogens is 1. The summed E-state index contributed by atoms with van der Waals surface area (Å²) in [5.74, 6) is 0.686. The number of fused-ring (bicyclic) bond motifs is 4. The molecular weight excluding hydrogens is 438 g/mol. The summed E-state index contributed by atoms with van der Waals surface area (Å²) in [6.07, 6.45) is 0.858. The summed E-state index contributed by atoms with van der Waals surface area (Å²) in [6, 6.07) is 36.9. The molecule has 0 saturated heterocycles. The fraction of sp³-hybridized carbons (Fsp3) is 0.0882. The first-order valence-corrected chi connectivity index (χ1v) is 12.4. The van der Waals surface area contributed by atoms with Gasteiger partial charge in [-0.2, -0.15) is 0 Å². The molecule has 1 aromatic heterocycles. The summed E-state index contributed by atoms with van der Waals surface area (Å²) in [6.45, 7) is 4.26. The van der Waals surface area contributed by atoms with Crippen LogP contribution in [0.15, 0.2) is 108 Å². The van der Waals surface area contributed by atoms with Gasteiger partial charge >= 0.3 is 0 Å². The van der Waals surface area contributed by atoms with E-state index in [-0.39, 0.29) is 0 Å². The highest BCUT2D eigenvalue weighted by molar-refractivity contribution is 5.92. The van der Waals surface area contributed by atoms with Crippen molar-refractivity contribution in [2.75, 3.05) is 0 Å². The Morgan fingerprint density at radius 2 is 1.19 bits per heavy atom. The highest BCUT2D eigenvalue weighted by Gasteiger charge is 2.27. The zero-order chi connectivity index (χ0) is 24.2. The van der Waals surface area contributed by atoms with E-state index in [0.29, 0.717) is 5.89 Å². The maximum absolute atomic E-state index is 6.31. The lowest BCUT2D eigenvalue weighted by atomic mass is 9.93. The van der Waals surface area contributed by atoms with Crippen LogP contribution in [0.1, 0.15) is 22.3 Å². The molecule has 5 aromatic carbocycles. The summed E-state index contributed by atoms with van der Waals surface area (Å²) in [7, 11) is 0. The van der Waals surface area contributed by atoms with Crippen molar-refractivity contribution >= 4 is 11.1 Å². The molecular formula is C34H25NO. The second kappa shape index (κ2) is 8.07. The van der Waals surface area contributed by atoms with Gasteiger partial charge in [0, 0.05) is 12.0 Å². The Bertz CT molecular complexity index is 1720. The molecule has 0 radical (unpaired) electrons. The van der Waals surface area contributed by atoms with E-state index in [4.69, 9.17) is 9.40 Å². The molecule has 2 heteroatoms. The number of benzene rings is 5. The van der Waals surface area contributed by atoms with E-state index < -0.39 is 0 Å². The fourth-order valence-electron chi connectivity index (χ4n) is 5.40. The Labute approximate surface area is 210 Å². The molecule has 1 aliphatic carbocycles. The summed E-state index contributed by atoms with van der Waals surface area (Å²) in [5.41, 5.74) is 15.5. The van der Waals surface area contributed by atoms with Crippen molar-refractivity contribution < 1.29 is 4.42 Å². The van der Waals surface area contributed by atoms with Gasteiger partial charge in [0.1, 0.15) is 5.52 Å². The van der Waals surface area contributed by atoms with Gasteiger partial charge in [0.2, 0.25) is 5.89 Å². The molecule has 6 aromatic rings. The van der Waals surface area contributed by atoms with Crippen LogP contribution in [0.4, 0.5) is 0 Å². The van der Waals surface area contributed by atoms with E-state index in [1.807, 2.05) is 24.3 Å². The van der Waals surface area contributed by atoms with Crippen molar-refractivity contribution in [1.29, 1.82) is 0 Å².